The zero-order valence-electron chi connectivity index (χ0n) is 10.6. The average Bonchev–Trinajstić information content (AvgIpc) is 2.77. The monoisotopic (exact) mass is 240 g/mol. The molecule has 0 unspecified atom stereocenters. The van der Waals surface area contributed by atoms with Crippen LogP contribution in [0.15, 0.2) is 30.6 Å². The molecule has 0 saturated heterocycles. The molecule has 0 aliphatic carbocycles. The van der Waals surface area contributed by atoms with Crippen molar-refractivity contribution in [2.45, 2.75) is 13.3 Å². The number of nitriles is 1. The van der Waals surface area contributed by atoms with Gasteiger partial charge in [-0.1, -0.05) is 6.07 Å². The van der Waals surface area contributed by atoms with E-state index < -0.39 is 0 Å². The van der Waals surface area contributed by atoms with Gasteiger partial charge in [0, 0.05) is 32.4 Å². The van der Waals surface area contributed by atoms with Gasteiger partial charge in [0.2, 0.25) is 0 Å². The third-order valence-electron chi connectivity index (χ3n) is 2.88. The molecule has 0 saturated carbocycles. The number of anilines is 1. The predicted molar refractivity (Wildman–Crippen MR) is 71.3 cm³/mol. The van der Waals surface area contributed by atoms with Gasteiger partial charge in [-0.15, -0.1) is 0 Å². The fourth-order valence-electron chi connectivity index (χ4n) is 1.85. The van der Waals surface area contributed by atoms with Crippen molar-refractivity contribution in [2.75, 3.05) is 11.9 Å². The van der Waals surface area contributed by atoms with Crippen LogP contribution in [0.5, 0.6) is 0 Å². The van der Waals surface area contributed by atoms with Gasteiger partial charge >= 0.3 is 0 Å². The van der Waals surface area contributed by atoms with E-state index in [1.54, 1.807) is 6.20 Å². The Morgan fingerprint density at radius 3 is 2.94 bits per heavy atom. The highest BCUT2D eigenvalue weighted by atomic mass is 15.0. The van der Waals surface area contributed by atoms with Crippen LogP contribution in [0, 0.1) is 18.3 Å². The van der Waals surface area contributed by atoms with Gasteiger partial charge in [-0.2, -0.15) is 5.26 Å². The molecule has 0 bridgehead atoms. The Morgan fingerprint density at radius 1 is 1.44 bits per heavy atom. The highest BCUT2D eigenvalue weighted by Gasteiger charge is 2.03. The minimum absolute atomic E-state index is 0.690. The van der Waals surface area contributed by atoms with Crippen molar-refractivity contribution in [3.63, 3.8) is 0 Å². The smallest absolute Gasteiger partial charge is 0.110 e. The number of benzene rings is 1. The van der Waals surface area contributed by atoms with E-state index in [4.69, 9.17) is 5.26 Å². The first-order valence-corrected chi connectivity index (χ1v) is 5.91. The van der Waals surface area contributed by atoms with Crippen molar-refractivity contribution in [1.82, 2.24) is 9.55 Å². The molecule has 0 spiro atoms. The molecule has 2 rings (SSSR count). The highest BCUT2D eigenvalue weighted by molar-refractivity contribution is 5.58. The van der Waals surface area contributed by atoms with E-state index in [1.807, 2.05) is 42.9 Å². The summed E-state index contributed by atoms with van der Waals surface area (Å²) in [6.45, 7) is 2.75. The highest BCUT2D eigenvalue weighted by Crippen LogP contribution is 2.16. The van der Waals surface area contributed by atoms with E-state index in [1.165, 1.54) is 0 Å². The van der Waals surface area contributed by atoms with Crippen LogP contribution in [0.4, 0.5) is 5.69 Å². The van der Waals surface area contributed by atoms with E-state index in [2.05, 4.69) is 16.4 Å². The second-order valence-corrected chi connectivity index (χ2v) is 4.29. The molecule has 0 aliphatic rings. The summed E-state index contributed by atoms with van der Waals surface area (Å²) in [6.07, 6.45) is 4.56. The van der Waals surface area contributed by atoms with Crippen molar-refractivity contribution >= 4 is 5.69 Å². The number of aryl methyl sites for hydroxylation is 2. The number of aromatic nitrogens is 2. The molecule has 0 fully saturated rings. The van der Waals surface area contributed by atoms with Crippen molar-refractivity contribution in [3.8, 4) is 6.07 Å². The second kappa shape index (κ2) is 5.37. The molecule has 1 aromatic carbocycles. The first-order chi connectivity index (χ1) is 8.70. The number of hydrogen-bond donors (Lipinski definition) is 1. The summed E-state index contributed by atoms with van der Waals surface area (Å²) in [5.41, 5.74) is 2.67. The Morgan fingerprint density at radius 2 is 2.28 bits per heavy atom. The van der Waals surface area contributed by atoms with Crippen molar-refractivity contribution in [3.05, 3.63) is 47.5 Å². The van der Waals surface area contributed by atoms with Crippen LogP contribution in [0.2, 0.25) is 0 Å². The van der Waals surface area contributed by atoms with Crippen molar-refractivity contribution in [1.29, 1.82) is 5.26 Å². The zero-order chi connectivity index (χ0) is 13.0. The van der Waals surface area contributed by atoms with E-state index >= 15 is 0 Å². The fraction of sp³-hybridized carbons (Fsp3) is 0.286. The van der Waals surface area contributed by atoms with E-state index in [0.29, 0.717) is 5.56 Å². The normalized spacial score (nSPS) is 10.1. The van der Waals surface area contributed by atoms with Gasteiger partial charge in [-0.25, -0.2) is 4.98 Å². The summed E-state index contributed by atoms with van der Waals surface area (Å²) in [4.78, 5) is 4.26. The number of rotatable bonds is 4. The van der Waals surface area contributed by atoms with Crippen molar-refractivity contribution in [2.24, 2.45) is 7.05 Å². The molecular weight excluding hydrogens is 224 g/mol. The minimum atomic E-state index is 0.690. The molecule has 0 atom stereocenters. The molecule has 0 aliphatic heterocycles. The van der Waals surface area contributed by atoms with E-state index in [-0.39, 0.29) is 0 Å². The minimum Gasteiger partial charge on any atom is -0.384 e. The molecule has 4 heteroatoms. The maximum absolute atomic E-state index is 9.06. The maximum Gasteiger partial charge on any atom is 0.110 e. The van der Waals surface area contributed by atoms with Crippen LogP contribution in [0.3, 0.4) is 0 Å². The lowest BCUT2D eigenvalue weighted by molar-refractivity contribution is 0.789. The molecule has 0 radical (unpaired) electrons. The quantitative estimate of drug-likeness (QED) is 0.891. The van der Waals surface area contributed by atoms with Crippen LogP contribution in [-0.4, -0.2) is 16.1 Å². The summed E-state index contributed by atoms with van der Waals surface area (Å²) < 4.78 is 2.00. The van der Waals surface area contributed by atoms with Crippen LogP contribution < -0.4 is 5.32 Å². The summed E-state index contributed by atoms with van der Waals surface area (Å²) in [6, 6.07) is 8.05. The predicted octanol–water partition coefficient (Wildman–Crippen LogP) is 2.25. The second-order valence-electron chi connectivity index (χ2n) is 4.29. The van der Waals surface area contributed by atoms with Gasteiger partial charge in [0.1, 0.15) is 11.9 Å². The first-order valence-electron chi connectivity index (χ1n) is 5.91. The van der Waals surface area contributed by atoms with Gasteiger partial charge in [0.15, 0.2) is 0 Å². The third-order valence-corrected chi connectivity index (χ3v) is 2.88. The molecule has 1 heterocycles. The summed E-state index contributed by atoms with van der Waals surface area (Å²) in [5.74, 6) is 1.04. The molecule has 4 nitrogen and oxygen atoms in total. The van der Waals surface area contributed by atoms with E-state index in [9.17, 15) is 0 Å². The molecule has 2 aromatic rings. The molecule has 1 N–H and O–H groups in total. The molecule has 92 valence electrons. The molecule has 18 heavy (non-hydrogen) atoms. The summed E-state index contributed by atoms with van der Waals surface area (Å²) in [5, 5.41) is 12.3. The Labute approximate surface area is 107 Å². The number of nitrogens with one attached hydrogen (secondary N) is 1. The van der Waals surface area contributed by atoms with Crippen LogP contribution in [0.25, 0.3) is 0 Å². The Kier molecular flexibility index (Phi) is 3.63. The number of hydrogen-bond acceptors (Lipinski definition) is 3. The van der Waals surface area contributed by atoms with Gasteiger partial charge in [0.05, 0.1) is 11.3 Å². The Bertz CT molecular complexity index is 578. The Hall–Kier alpha value is -2.28. The van der Waals surface area contributed by atoms with Crippen LogP contribution in [-0.2, 0) is 13.5 Å². The third kappa shape index (κ3) is 2.69. The Balaban J connectivity index is 1.99. The lowest BCUT2D eigenvalue weighted by atomic mass is 10.1. The summed E-state index contributed by atoms with van der Waals surface area (Å²) in [7, 11) is 1.98. The van der Waals surface area contributed by atoms with Gasteiger partial charge in [0.25, 0.3) is 0 Å². The van der Waals surface area contributed by atoms with Gasteiger partial charge in [-0.05, 0) is 24.6 Å². The maximum atomic E-state index is 9.06. The first kappa shape index (κ1) is 12.2. The largest absolute Gasteiger partial charge is 0.384 e. The van der Waals surface area contributed by atoms with E-state index in [0.717, 1.165) is 30.0 Å². The number of imidazole rings is 1. The SMILES string of the molecule is Cc1ccc(NCCc2nccn2C)c(C#N)c1. The van der Waals surface area contributed by atoms with Crippen molar-refractivity contribution < 1.29 is 0 Å². The standard InChI is InChI=1S/C14H16N4/c1-11-3-4-13(12(9-11)10-15)16-6-5-14-17-7-8-18(14)2/h3-4,7-9,16H,5-6H2,1-2H3. The van der Waals surface area contributed by atoms with Gasteiger partial charge < -0.3 is 9.88 Å². The lowest BCUT2D eigenvalue weighted by Gasteiger charge is -2.08. The molecule has 0 amide bonds. The molecule has 1 aromatic heterocycles. The average molecular weight is 240 g/mol. The van der Waals surface area contributed by atoms with Gasteiger partial charge in [-0.3, -0.25) is 0 Å². The summed E-state index contributed by atoms with van der Waals surface area (Å²) >= 11 is 0. The van der Waals surface area contributed by atoms with Crippen LogP contribution in [0.1, 0.15) is 17.0 Å². The zero-order valence-corrected chi connectivity index (χ0v) is 10.6. The number of nitrogens with zero attached hydrogens (tertiary/aromatic N) is 3. The molecular formula is C14H16N4. The fourth-order valence-corrected chi connectivity index (χ4v) is 1.85. The lowest BCUT2D eigenvalue weighted by Crippen LogP contribution is -2.09. The van der Waals surface area contributed by atoms with Crippen LogP contribution >= 0.6 is 0 Å². The topological polar surface area (TPSA) is 53.6 Å².